The molecule has 0 saturated heterocycles. The van der Waals surface area contributed by atoms with Gasteiger partial charge in [0.25, 0.3) is 0 Å². The van der Waals surface area contributed by atoms with Crippen molar-refractivity contribution in [2.45, 2.75) is 0 Å². The average Bonchev–Trinajstić information content (AvgIpc) is 3.33. The molecule has 1 N–H and O–H groups in total. The third-order valence-electron chi connectivity index (χ3n) is 3.93. The Kier molecular flexibility index (Phi) is 3.74. The fraction of sp³-hybridized carbons (Fsp3) is 0.0556. The monoisotopic (exact) mass is 331 g/mol. The van der Waals surface area contributed by atoms with Crippen LogP contribution in [0.25, 0.3) is 28.3 Å². The molecule has 0 bridgehead atoms. The zero-order valence-corrected chi connectivity index (χ0v) is 13.5. The Morgan fingerprint density at radius 2 is 1.84 bits per heavy atom. The second-order valence-corrected chi connectivity index (χ2v) is 5.44. The number of aromatic nitrogens is 6. The van der Waals surface area contributed by atoms with Gasteiger partial charge in [0.05, 0.1) is 24.7 Å². The lowest BCUT2D eigenvalue weighted by atomic mass is 10.1. The Labute approximate surface area is 144 Å². The van der Waals surface area contributed by atoms with E-state index in [-0.39, 0.29) is 0 Å². The van der Waals surface area contributed by atoms with Gasteiger partial charge >= 0.3 is 0 Å². The molecule has 0 unspecified atom stereocenters. The normalized spacial score (nSPS) is 10.8. The van der Waals surface area contributed by atoms with Gasteiger partial charge in [0.2, 0.25) is 5.82 Å². The van der Waals surface area contributed by atoms with Crippen LogP contribution in [-0.4, -0.2) is 37.5 Å². The van der Waals surface area contributed by atoms with Crippen LogP contribution in [0.2, 0.25) is 0 Å². The maximum Gasteiger partial charge on any atom is 0.204 e. The lowest BCUT2D eigenvalue weighted by Crippen LogP contribution is -1.99. The molecule has 0 saturated carbocycles. The van der Waals surface area contributed by atoms with Gasteiger partial charge in [-0.05, 0) is 66.2 Å². The molecule has 2 heterocycles. The van der Waals surface area contributed by atoms with Crippen molar-refractivity contribution in [3.63, 3.8) is 0 Å². The second kappa shape index (κ2) is 6.20. The van der Waals surface area contributed by atoms with Crippen molar-refractivity contribution in [2.75, 3.05) is 7.11 Å². The van der Waals surface area contributed by atoms with E-state index in [2.05, 4.69) is 32.6 Å². The molecule has 7 heteroatoms. The van der Waals surface area contributed by atoms with E-state index in [0.717, 1.165) is 33.8 Å². The van der Waals surface area contributed by atoms with Crippen LogP contribution in [0.4, 0.5) is 0 Å². The quantitative estimate of drug-likeness (QED) is 0.622. The van der Waals surface area contributed by atoms with Crippen molar-refractivity contribution < 1.29 is 4.74 Å². The summed E-state index contributed by atoms with van der Waals surface area (Å²) in [6.45, 7) is 4.03. The molecular formula is C18H15N6O. The molecule has 0 aliphatic carbocycles. The van der Waals surface area contributed by atoms with Crippen molar-refractivity contribution in [2.24, 2.45) is 0 Å². The molecule has 2 aromatic heterocycles. The molecule has 7 nitrogen and oxygen atoms in total. The van der Waals surface area contributed by atoms with E-state index < -0.39 is 0 Å². The third kappa shape index (κ3) is 2.76. The molecular weight excluding hydrogens is 316 g/mol. The van der Waals surface area contributed by atoms with Crippen molar-refractivity contribution in [3.8, 4) is 34.1 Å². The van der Waals surface area contributed by atoms with Crippen LogP contribution in [0, 0.1) is 6.92 Å². The summed E-state index contributed by atoms with van der Waals surface area (Å²) >= 11 is 0. The lowest BCUT2D eigenvalue weighted by Gasteiger charge is -2.10. The van der Waals surface area contributed by atoms with Crippen molar-refractivity contribution >= 4 is 0 Å². The Morgan fingerprint density at radius 1 is 1.04 bits per heavy atom. The number of nitrogens with one attached hydrogen (secondary N) is 1. The first-order chi connectivity index (χ1) is 12.3. The van der Waals surface area contributed by atoms with Gasteiger partial charge in [-0.3, -0.25) is 0 Å². The van der Waals surface area contributed by atoms with Crippen LogP contribution in [0.15, 0.2) is 54.7 Å². The molecule has 123 valence electrons. The van der Waals surface area contributed by atoms with Crippen LogP contribution < -0.4 is 4.74 Å². The summed E-state index contributed by atoms with van der Waals surface area (Å²) in [5, 5.41) is 18.4. The van der Waals surface area contributed by atoms with Gasteiger partial charge in [-0.25, -0.2) is 4.68 Å². The smallest absolute Gasteiger partial charge is 0.204 e. The Morgan fingerprint density at radius 3 is 2.52 bits per heavy atom. The van der Waals surface area contributed by atoms with Crippen LogP contribution >= 0.6 is 0 Å². The molecule has 25 heavy (non-hydrogen) atoms. The number of aromatic amines is 1. The highest BCUT2D eigenvalue weighted by molar-refractivity contribution is 5.65. The van der Waals surface area contributed by atoms with Crippen LogP contribution in [0.1, 0.15) is 5.56 Å². The maximum atomic E-state index is 5.28. The number of tetrazole rings is 1. The van der Waals surface area contributed by atoms with Crippen LogP contribution in [0.5, 0.6) is 5.75 Å². The zero-order valence-electron chi connectivity index (χ0n) is 13.5. The fourth-order valence-electron chi connectivity index (χ4n) is 2.70. The highest BCUT2D eigenvalue weighted by Gasteiger charge is 2.10. The molecule has 0 atom stereocenters. The lowest BCUT2D eigenvalue weighted by molar-refractivity contribution is 0.413. The summed E-state index contributed by atoms with van der Waals surface area (Å²) in [6.07, 6.45) is 1.77. The number of benzene rings is 2. The average molecular weight is 331 g/mol. The Balaban J connectivity index is 1.71. The number of hydrogen-bond acceptors (Lipinski definition) is 5. The molecule has 1 radical (unpaired) electrons. The summed E-state index contributed by atoms with van der Waals surface area (Å²) < 4.78 is 7.15. The van der Waals surface area contributed by atoms with E-state index in [1.807, 2.05) is 53.2 Å². The Hall–Kier alpha value is -3.48. The first-order valence-corrected chi connectivity index (χ1v) is 7.65. The maximum absolute atomic E-state index is 5.28. The summed E-state index contributed by atoms with van der Waals surface area (Å²) in [4.78, 5) is 0. The van der Waals surface area contributed by atoms with Crippen molar-refractivity contribution in [3.05, 3.63) is 67.2 Å². The van der Waals surface area contributed by atoms with Crippen molar-refractivity contribution in [1.82, 2.24) is 30.4 Å². The van der Waals surface area contributed by atoms with E-state index in [4.69, 9.17) is 4.74 Å². The Bertz CT molecular complexity index is 989. The van der Waals surface area contributed by atoms with E-state index >= 15 is 0 Å². The highest BCUT2D eigenvalue weighted by atomic mass is 16.5. The largest absolute Gasteiger partial charge is 0.496 e. The number of H-pyrrole nitrogens is 1. The van der Waals surface area contributed by atoms with Gasteiger partial charge in [0, 0.05) is 11.1 Å². The predicted octanol–water partition coefficient (Wildman–Crippen LogP) is 2.91. The van der Waals surface area contributed by atoms with E-state index in [1.54, 1.807) is 13.3 Å². The molecule has 2 aromatic carbocycles. The van der Waals surface area contributed by atoms with Gasteiger partial charge in [-0.2, -0.15) is 10.3 Å². The summed E-state index contributed by atoms with van der Waals surface area (Å²) in [5.41, 5.74) is 4.65. The van der Waals surface area contributed by atoms with Crippen LogP contribution in [-0.2, 0) is 0 Å². The SMILES string of the molecule is [CH2]c1cc(-c2ccnn2-c2ccc(-c3nn[nH]n3)cc2)ccc1OC. The molecule has 0 fully saturated rings. The molecule has 0 aliphatic heterocycles. The van der Waals surface area contributed by atoms with Crippen LogP contribution in [0.3, 0.4) is 0 Å². The zero-order chi connectivity index (χ0) is 17.2. The third-order valence-corrected chi connectivity index (χ3v) is 3.93. The summed E-state index contributed by atoms with van der Waals surface area (Å²) in [7, 11) is 1.64. The summed E-state index contributed by atoms with van der Waals surface area (Å²) in [5.74, 6) is 1.32. The minimum absolute atomic E-state index is 0.559. The van der Waals surface area contributed by atoms with Crippen molar-refractivity contribution in [1.29, 1.82) is 0 Å². The minimum Gasteiger partial charge on any atom is -0.496 e. The van der Waals surface area contributed by atoms with E-state index in [1.165, 1.54) is 0 Å². The fourth-order valence-corrected chi connectivity index (χ4v) is 2.70. The molecule has 0 spiro atoms. The number of nitrogens with zero attached hydrogens (tertiary/aromatic N) is 5. The number of ether oxygens (including phenoxy) is 1. The number of hydrogen-bond donors (Lipinski definition) is 1. The van der Waals surface area contributed by atoms with Gasteiger partial charge in [-0.15, -0.1) is 10.2 Å². The molecule has 4 rings (SSSR count). The standard InChI is InChI=1S/C18H15N6O/c1-12-11-14(5-8-17(12)25-2)16-9-10-19-24(16)15-6-3-13(4-7-15)18-20-22-23-21-18/h3-11H,1H2,2H3,(H,20,21,22,23). The molecule has 0 amide bonds. The minimum atomic E-state index is 0.559. The summed E-state index contributed by atoms with van der Waals surface area (Å²) in [6, 6.07) is 15.7. The topological polar surface area (TPSA) is 81.5 Å². The molecule has 4 aromatic rings. The van der Waals surface area contributed by atoms with Gasteiger partial charge in [-0.1, -0.05) is 0 Å². The van der Waals surface area contributed by atoms with Gasteiger partial charge in [0.15, 0.2) is 0 Å². The first-order valence-electron chi connectivity index (χ1n) is 7.65. The number of rotatable bonds is 4. The van der Waals surface area contributed by atoms with E-state index in [9.17, 15) is 0 Å². The van der Waals surface area contributed by atoms with Gasteiger partial charge in [0.1, 0.15) is 5.75 Å². The highest BCUT2D eigenvalue weighted by Crippen LogP contribution is 2.28. The second-order valence-electron chi connectivity index (χ2n) is 5.44. The van der Waals surface area contributed by atoms with Gasteiger partial charge < -0.3 is 4.74 Å². The number of methoxy groups -OCH3 is 1. The van der Waals surface area contributed by atoms with E-state index in [0.29, 0.717) is 5.82 Å². The first kappa shape index (κ1) is 15.1. The predicted molar refractivity (Wildman–Crippen MR) is 93.2 cm³/mol. The molecule has 0 aliphatic rings.